The van der Waals surface area contributed by atoms with Crippen LogP contribution in [-0.4, -0.2) is 57.8 Å². The number of fused-ring (bicyclic) bond motifs is 1. The number of hydrogen-bond donors (Lipinski definition) is 1. The number of likely N-dealkylation sites (N-methyl/N-ethyl adjacent to an activating group) is 1. The summed E-state index contributed by atoms with van der Waals surface area (Å²) >= 11 is 0. The molecule has 1 aliphatic heterocycles. The third-order valence-corrected chi connectivity index (χ3v) is 5.25. The number of amides is 1. The maximum atomic E-state index is 13.8. The molecule has 1 fully saturated rings. The number of hydrogen-bond acceptors (Lipinski definition) is 4. The summed E-state index contributed by atoms with van der Waals surface area (Å²) in [5, 5.41) is 2.84. The predicted octanol–water partition coefficient (Wildman–Crippen LogP) is 2.86. The van der Waals surface area contributed by atoms with Crippen molar-refractivity contribution < 1.29 is 9.18 Å². The van der Waals surface area contributed by atoms with Gasteiger partial charge in [0.15, 0.2) is 0 Å². The number of nitrogens with zero attached hydrogens (tertiary/aromatic N) is 4. The first kappa shape index (κ1) is 18.6. The Bertz CT molecular complexity index is 961. The molecule has 3 heterocycles. The number of benzene rings is 1. The van der Waals surface area contributed by atoms with Crippen molar-refractivity contribution in [3.8, 4) is 0 Å². The first-order valence-corrected chi connectivity index (χ1v) is 9.60. The van der Waals surface area contributed by atoms with Crippen LogP contribution in [0.4, 0.5) is 10.1 Å². The van der Waals surface area contributed by atoms with E-state index in [9.17, 15) is 9.18 Å². The number of carbonyl (C=O) groups is 1. The fourth-order valence-electron chi connectivity index (χ4n) is 3.56. The van der Waals surface area contributed by atoms with Gasteiger partial charge in [-0.05, 0) is 36.4 Å². The van der Waals surface area contributed by atoms with E-state index in [0.717, 1.165) is 39.3 Å². The molecule has 0 spiro atoms. The second-order valence-corrected chi connectivity index (χ2v) is 7.05. The molecule has 0 saturated carbocycles. The van der Waals surface area contributed by atoms with Gasteiger partial charge in [0.2, 0.25) is 5.82 Å². The number of nitrogens with one attached hydrogen (secondary N) is 1. The van der Waals surface area contributed by atoms with E-state index in [-0.39, 0.29) is 17.2 Å². The first-order chi connectivity index (χ1) is 13.6. The van der Waals surface area contributed by atoms with E-state index in [1.165, 1.54) is 22.2 Å². The zero-order valence-corrected chi connectivity index (χ0v) is 15.9. The first-order valence-electron chi connectivity index (χ1n) is 9.60. The maximum absolute atomic E-state index is 13.8. The Morgan fingerprint density at radius 3 is 2.54 bits per heavy atom. The molecule has 0 unspecified atom stereocenters. The maximum Gasteiger partial charge on any atom is 0.292 e. The van der Waals surface area contributed by atoms with E-state index in [4.69, 9.17) is 0 Å². The molecule has 6 nitrogen and oxygen atoms in total. The van der Waals surface area contributed by atoms with Gasteiger partial charge in [0, 0.05) is 44.6 Å². The second kappa shape index (κ2) is 8.08. The van der Waals surface area contributed by atoms with Crippen molar-refractivity contribution in [3.05, 3.63) is 66.0 Å². The lowest BCUT2D eigenvalue weighted by Crippen LogP contribution is -2.45. The standard InChI is InChI=1S/C21H24FN5O/c1-2-25-10-12-26(13-11-25)15-16-5-7-17(8-6-16)24-21(28)20-23-14-19-18(22)4-3-9-27(19)20/h3-9,14H,2,10-13,15H2,1H3,(H,24,28). The van der Waals surface area contributed by atoms with Gasteiger partial charge in [0.25, 0.3) is 5.91 Å². The third kappa shape index (κ3) is 3.90. The minimum absolute atomic E-state index is 0.160. The summed E-state index contributed by atoms with van der Waals surface area (Å²) < 4.78 is 15.2. The van der Waals surface area contributed by atoms with Crippen molar-refractivity contribution in [3.63, 3.8) is 0 Å². The van der Waals surface area contributed by atoms with Crippen LogP contribution in [0.25, 0.3) is 5.52 Å². The number of carbonyl (C=O) groups excluding carboxylic acids is 1. The number of rotatable bonds is 5. The summed E-state index contributed by atoms with van der Waals surface area (Å²) in [6.45, 7) is 8.61. The fourth-order valence-corrected chi connectivity index (χ4v) is 3.56. The lowest BCUT2D eigenvalue weighted by Gasteiger charge is -2.34. The smallest absolute Gasteiger partial charge is 0.292 e. The van der Waals surface area contributed by atoms with E-state index >= 15 is 0 Å². The van der Waals surface area contributed by atoms with Gasteiger partial charge in [-0.3, -0.25) is 14.1 Å². The SMILES string of the molecule is CCN1CCN(Cc2ccc(NC(=O)c3ncc4c(F)cccn34)cc2)CC1. The van der Waals surface area contributed by atoms with Crippen molar-refractivity contribution in [1.29, 1.82) is 0 Å². The van der Waals surface area contributed by atoms with Crippen LogP contribution < -0.4 is 5.32 Å². The van der Waals surface area contributed by atoms with Gasteiger partial charge in [0.1, 0.15) is 11.3 Å². The van der Waals surface area contributed by atoms with E-state index in [0.29, 0.717) is 5.69 Å². The average Bonchev–Trinajstić information content (AvgIpc) is 3.16. The molecule has 146 valence electrons. The van der Waals surface area contributed by atoms with Gasteiger partial charge < -0.3 is 10.2 Å². The highest BCUT2D eigenvalue weighted by Gasteiger charge is 2.16. The Morgan fingerprint density at radius 1 is 1.11 bits per heavy atom. The van der Waals surface area contributed by atoms with Gasteiger partial charge >= 0.3 is 0 Å². The van der Waals surface area contributed by atoms with Gasteiger partial charge in [0.05, 0.1) is 6.20 Å². The molecule has 3 aromatic rings. The van der Waals surface area contributed by atoms with Crippen LogP contribution in [0.1, 0.15) is 23.1 Å². The monoisotopic (exact) mass is 381 g/mol. The topological polar surface area (TPSA) is 52.9 Å². The summed E-state index contributed by atoms with van der Waals surface area (Å²) in [6, 6.07) is 10.8. The number of aromatic nitrogens is 2. The molecular weight excluding hydrogens is 357 g/mol. The molecule has 1 aliphatic rings. The van der Waals surface area contributed by atoms with Crippen molar-refractivity contribution in [2.24, 2.45) is 0 Å². The van der Waals surface area contributed by atoms with Crippen LogP contribution in [0.5, 0.6) is 0 Å². The van der Waals surface area contributed by atoms with Crippen molar-refractivity contribution in [2.75, 3.05) is 38.0 Å². The normalized spacial score (nSPS) is 15.8. The fraction of sp³-hybridized carbons (Fsp3) is 0.333. The minimum atomic E-state index is -0.404. The van der Waals surface area contributed by atoms with Gasteiger partial charge in [-0.2, -0.15) is 0 Å². The minimum Gasteiger partial charge on any atom is -0.319 e. The largest absolute Gasteiger partial charge is 0.319 e. The molecule has 4 rings (SSSR count). The quantitative estimate of drug-likeness (QED) is 0.738. The highest BCUT2D eigenvalue weighted by molar-refractivity contribution is 6.02. The zero-order valence-electron chi connectivity index (χ0n) is 15.9. The van der Waals surface area contributed by atoms with Crippen LogP contribution in [0.2, 0.25) is 0 Å². The molecule has 0 atom stereocenters. The molecule has 1 aromatic carbocycles. The van der Waals surface area contributed by atoms with Crippen LogP contribution in [0, 0.1) is 5.82 Å². The summed E-state index contributed by atoms with van der Waals surface area (Å²) in [5.41, 5.74) is 2.19. The molecule has 0 radical (unpaired) electrons. The van der Waals surface area contributed by atoms with Crippen LogP contribution in [0.15, 0.2) is 48.8 Å². The molecule has 0 aliphatic carbocycles. The van der Waals surface area contributed by atoms with Crippen LogP contribution >= 0.6 is 0 Å². The average molecular weight is 381 g/mol. The van der Waals surface area contributed by atoms with E-state index in [2.05, 4.69) is 27.0 Å². The van der Waals surface area contributed by atoms with Crippen LogP contribution in [-0.2, 0) is 6.54 Å². The van der Waals surface area contributed by atoms with Crippen molar-refractivity contribution in [2.45, 2.75) is 13.5 Å². The predicted molar refractivity (Wildman–Crippen MR) is 107 cm³/mol. The number of imidazole rings is 1. The van der Waals surface area contributed by atoms with Crippen molar-refractivity contribution >= 4 is 17.1 Å². The molecular formula is C21H24FN5O. The van der Waals surface area contributed by atoms with Crippen LogP contribution in [0.3, 0.4) is 0 Å². The Morgan fingerprint density at radius 2 is 1.82 bits per heavy atom. The Labute approximate surface area is 163 Å². The second-order valence-electron chi connectivity index (χ2n) is 7.05. The highest BCUT2D eigenvalue weighted by atomic mass is 19.1. The number of anilines is 1. The molecule has 0 bridgehead atoms. The Hall–Kier alpha value is -2.77. The third-order valence-electron chi connectivity index (χ3n) is 5.25. The molecule has 1 amide bonds. The summed E-state index contributed by atoms with van der Waals surface area (Å²) in [7, 11) is 0. The number of piperazine rings is 1. The summed E-state index contributed by atoms with van der Waals surface area (Å²) in [4.78, 5) is 21.5. The van der Waals surface area contributed by atoms with E-state index in [1.54, 1.807) is 12.3 Å². The summed E-state index contributed by atoms with van der Waals surface area (Å²) in [5.74, 6) is -0.611. The van der Waals surface area contributed by atoms with Gasteiger partial charge in [-0.15, -0.1) is 0 Å². The summed E-state index contributed by atoms with van der Waals surface area (Å²) in [6.07, 6.45) is 2.99. The molecule has 28 heavy (non-hydrogen) atoms. The molecule has 1 N–H and O–H groups in total. The number of pyridine rings is 1. The molecule has 2 aromatic heterocycles. The number of halogens is 1. The molecule has 7 heteroatoms. The Kier molecular flexibility index (Phi) is 5.36. The zero-order chi connectivity index (χ0) is 19.5. The van der Waals surface area contributed by atoms with E-state index < -0.39 is 5.82 Å². The molecule has 1 saturated heterocycles. The van der Waals surface area contributed by atoms with Gasteiger partial charge in [-0.1, -0.05) is 19.1 Å². The lowest BCUT2D eigenvalue weighted by atomic mass is 10.1. The Balaban J connectivity index is 1.39. The van der Waals surface area contributed by atoms with E-state index in [1.807, 2.05) is 24.3 Å². The lowest BCUT2D eigenvalue weighted by molar-refractivity contribution is 0.101. The van der Waals surface area contributed by atoms with Crippen molar-refractivity contribution in [1.82, 2.24) is 19.2 Å². The van der Waals surface area contributed by atoms with Gasteiger partial charge in [-0.25, -0.2) is 9.37 Å². The highest BCUT2D eigenvalue weighted by Crippen LogP contribution is 2.16.